The number of esters is 3. The number of ether oxygens (including phenoxy) is 4. The first-order valence-corrected chi connectivity index (χ1v) is 9.65. The zero-order chi connectivity index (χ0) is 23.2. The molecule has 0 fully saturated rings. The number of rotatable bonds is 9. The van der Waals surface area contributed by atoms with Crippen LogP contribution >= 0.6 is 0 Å². The van der Waals surface area contributed by atoms with Crippen LogP contribution in [0.1, 0.15) is 36.2 Å². The van der Waals surface area contributed by atoms with E-state index in [2.05, 4.69) is 16.3 Å². The van der Waals surface area contributed by atoms with E-state index in [9.17, 15) is 14.4 Å². The number of carbonyl (C=O) groups is 3. The molecule has 8 heteroatoms. The first kappa shape index (κ1) is 25.4. The van der Waals surface area contributed by atoms with E-state index < -0.39 is 30.4 Å². The van der Waals surface area contributed by atoms with Crippen LogP contribution in [0.15, 0.2) is 55.4 Å². The van der Waals surface area contributed by atoms with Crippen LogP contribution in [0.5, 0.6) is 11.5 Å². The van der Waals surface area contributed by atoms with Crippen molar-refractivity contribution in [2.75, 3.05) is 14.2 Å². The molecule has 1 atom stereocenters. The molecule has 1 heterocycles. The number of methoxy groups -OCH3 is 2. The van der Waals surface area contributed by atoms with Crippen LogP contribution in [-0.2, 0) is 25.5 Å². The molecule has 0 saturated heterocycles. The lowest BCUT2D eigenvalue weighted by Crippen LogP contribution is -2.32. The van der Waals surface area contributed by atoms with Crippen LogP contribution in [0.2, 0.25) is 0 Å². The highest BCUT2D eigenvalue weighted by Gasteiger charge is 2.29. The van der Waals surface area contributed by atoms with Crippen molar-refractivity contribution in [1.82, 2.24) is 4.98 Å². The molecular formula is C23H27NO7. The fraction of sp³-hybridized carbons (Fsp3) is 0.304. The maximum Gasteiger partial charge on any atom is 0.347 e. The third-order valence-corrected chi connectivity index (χ3v) is 3.79. The van der Waals surface area contributed by atoms with Gasteiger partial charge in [0, 0.05) is 12.4 Å². The van der Waals surface area contributed by atoms with Gasteiger partial charge in [-0.1, -0.05) is 26.0 Å². The molecule has 0 N–H and O–H groups in total. The Morgan fingerprint density at radius 2 is 1.87 bits per heavy atom. The Kier molecular flexibility index (Phi) is 11.1. The van der Waals surface area contributed by atoms with Crippen LogP contribution in [0, 0.1) is 0 Å². The highest BCUT2D eigenvalue weighted by Crippen LogP contribution is 2.29. The Bertz CT molecular complexity index is 881. The number of aromatic nitrogens is 1. The summed E-state index contributed by atoms with van der Waals surface area (Å²) >= 11 is 0. The lowest BCUT2D eigenvalue weighted by atomic mass is 10.1. The van der Waals surface area contributed by atoms with Gasteiger partial charge >= 0.3 is 17.9 Å². The zero-order valence-corrected chi connectivity index (χ0v) is 18.1. The first-order chi connectivity index (χ1) is 15.0. The van der Waals surface area contributed by atoms with Crippen LogP contribution < -0.4 is 9.47 Å². The van der Waals surface area contributed by atoms with E-state index in [-0.39, 0.29) is 11.3 Å². The van der Waals surface area contributed by atoms with Gasteiger partial charge in [0.25, 0.3) is 0 Å². The van der Waals surface area contributed by atoms with E-state index in [1.807, 2.05) is 13.8 Å². The number of carbonyl (C=O) groups excluding carboxylic acids is 3. The minimum atomic E-state index is -1.47. The molecule has 0 aliphatic carbocycles. The van der Waals surface area contributed by atoms with Crippen molar-refractivity contribution in [2.45, 2.75) is 32.8 Å². The summed E-state index contributed by atoms with van der Waals surface area (Å²) in [6.45, 7) is 7.67. The van der Waals surface area contributed by atoms with Gasteiger partial charge in [0.2, 0.25) is 6.10 Å². The predicted octanol–water partition coefficient (Wildman–Crippen LogP) is 3.54. The standard InChI is InChI=1S/C21H21NO7.C2H6/c1-4-6-14-8-9-16(17(11-14)26-2)28-19(23)12-18(21(25)27-3)29-20(24)15-7-5-10-22-13-15;1-2/h4-5,7-11,13,18H,1,6,12H2,2-3H3;1-2H3/t18-;/m0./s1. The van der Waals surface area contributed by atoms with E-state index in [0.717, 1.165) is 12.7 Å². The third kappa shape index (κ3) is 7.93. The summed E-state index contributed by atoms with van der Waals surface area (Å²) in [5.41, 5.74) is 1.06. The fourth-order valence-corrected chi connectivity index (χ4v) is 2.39. The normalized spacial score (nSPS) is 10.6. The van der Waals surface area contributed by atoms with Gasteiger partial charge in [0.05, 0.1) is 26.2 Å². The van der Waals surface area contributed by atoms with E-state index in [1.165, 1.54) is 25.6 Å². The van der Waals surface area contributed by atoms with Gasteiger partial charge in [-0.3, -0.25) is 9.78 Å². The van der Waals surface area contributed by atoms with E-state index in [4.69, 9.17) is 14.2 Å². The second-order valence-electron chi connectivity index (χ2n) is 5.82. The Labute approximate surface area is 181 Å². The summed E-state index contributed by atoms with van der Waals surface area (Å²) in [5, 5.41) is 0. The van der Waals surface area contributed by atoms with Crippen LogP contribution in [-0.4, -0.2) is 43.2 Å². The van der Waals surface area contributed by atoms with Crippen molar-refractivity contribution < 1.29 is 33.3 Å². The van der Waals surface area contributed by atoms with Crippen molar-refractivity contribution in [3.05, 3.63) is 66.5 Å². The van der Waals surface area contributed by atoms with Crippen LogP contribution in [0.25, 0.3) is 0 Å². The number of allylic oxidation sites excluding steroid dienone is 1. The maximum absolute atomic E-state index is 12.3. The van der Waals surface area contributed by atoms with Crippen molar-refractivity contribution in [3.63, 3.8) is 0 Å². The molecule has 0 aliphatic rings. The number of hydrogen-bond donors (Lipinski definition) is 0. The largest absolute Gasteiger partial charge is 0.493 e. The highest BCUT2D eigenvalue weighted by atomic mass is 16.6. The van der Waals surface area contributed by atoms with Gasteiger partial charge in [0.15, 0.2) is 11.5 Å². The SMILES string of the molecule is C=CCc1ccc(OC(=O)C[C@H](OC(=O)c2cccnc2)C(=O)OC)c(OC)c1.CC. The molecule has 2 aromatic rings. The second kappa shape index (κ2) is 13.5. The van der Waals surface area contributed by atoms with Gasteiger partial charge in [0.1, 0.15) is 0 Å². The molecule has 2 rings (SSSR count). The molecule has 31 heavy (non-hydrogen) atoms. The Balaban J connectivity index is 0.00000233. The molecule has 0 spiro atoms. The van der Waals surface area contributed by atoms with Gasteiger partial charge < -0.3 is 18.9 Å². The fourth-order valence-electron chi connectivity index (χ4n) is 2.39. The number of nitrogens with zero attached hydrogens (tertiary/aromatic N) is 1. The minimum absolute atomic E-state index is 0.134. The lowest BCUT2D eigenvalue weighted by Gasteiger charge is -2.16. The van der Waals surface area contributed by atoms with Crippen molar-refractivity contribution >= 4 is 17.9 Å². The van der Waals surface area contributed by atoms with E-state index in [1.54, 1.807) is 30.3 Å². The van der Waals surface area contributed by atoms with Crippen molar-refractivity contribution in [2.24, 2.45) is 0 Å². The minimum Gasteiger partial charge on any atom is -0.493 e. The smallest absolute Gasteiger partial charge is 0.347 e. The molecule has 0 amide bonds. The molecule has 1 aromatic heterocycles. The van der Waals surface area contributed by atoms with Gasteiger partial charge in [-0.05, 0) is 36.2 Å². The number of hydrogen-bond acceptors (Lipinski definition) is 8. The Morgan fingerprint density at radius 3 is 2.45 bits per heavy atom. The summed E-state index contributed by atoms with van der Waals surface area (Å²) in [7, 11) is 2.57. The van der Waals surface area contributed by atoms with Crippen molar-refractivity contribution in [1.29, 1.82) is 0 Å². The van der Waals surface area contributed by atoms with Crippen LogP contribution in [0.4, 0.5) is 0 Å². The van der Waals surface area contributed by atoms with Gasteiger partial charge in [-0.25, -0.2) is 9.59 Å². The third-order valence-electron chi connectivity index (χ3n) is 3.79. The topological polar surface area (TPSA) is 101 Å². The Hall–Kier alpha value is -3.68. The summed E-state index contributed by atoms with van der Waals surface area (Å²) in [5.74, 6) is -1.97. The first-order valence-electron chi connectivity index (χ1n) is 9.65. The molecule has 166 valence electrons. The molecular weight excluding hydrogens is 402 g/mol. The maximum atomic E-state index is 12.3. The molecule has 0 radical (unpaired) electrons. The average molecular weight is 429 g/mol. The molecule has 0 saturated carbocycles. The zero-order valence-electron chi connectivity index (χ0n) is 18.1. The highest BCUT2D eigenvalue weighted by molar-refractivity contribution is 5.92. The van der Waals surface area contributed by atoms with E-state index in [0.29, 0.717) is 12.2 Å². The Morgan fingerprint density at radius 1 is 1.13 bits per heavy atom. The summed E-state index contributed by atoms with van der Waals surface area (Å²) in [6.07, 6.45) is 3.13. The summed E-state index contributed by atoms with van der Waals surface area (Å²) in [4.78, 5) is 40.3. The van der Waals surface area contributed by atoms with Crippen molar-refractivity contribution in [3.8, 4) is 11.5 Å². The van der Waals surface area contributed by atoms with E-state index >= 15 is 0 Å². The van der Waals surface area contributed by atoms with Crippen LogP contribution in [0.3, 0.4) is 0 Å². The molecule has 1 aromatic carbocycles. The molecule has 0 unspecified atom stereocenters. The monoisotopic (exact) mass is 429 g/mol. The second-order valence-corrected chi connectivity index (χ2v) is 5.82. The molecule has 0 bridgehead atoms. The predicted molar refractivity (Wildman–Crippen MR) is 114 cm³/mol. The number of benzene rings is 1. The quantitative estimate of drug-likeness (QED) is 0.339. The number of pyridine rings is 1. The molecule has 0 aliphatic heterocycles. The average Bonchev–Trinajstić information content (AvgIpc) is 2.81. The van der Waals surface area contributed by atoms with Gasteiger partial charge in [-0.2, -0.15) is 0 Å². The summed E-state index contributed by atoms with van der Waals surface area (Å²) in [6, 6.07) is 8.06. The lowest BCUT2D eigenvalue weighted by molar-refractivity contribution is -0.155. The van der Waals surface area contributed by atoms with Gasteiger partial charge in [-0.15, -0.1) is 6.58 Å². The summed E-state index contributed by atoms with van der Waals surface area (Å²) < 4.78 is 20.2. The molecule has 8 nitrogen and oxygen atoms in total.